The van der Waals surface area contributed by atoms with E-state index in [1.165, 1.54) is 5.56 Å². The number of carbonyl (C=O) groups is 1. The number of thiophene rings is 1. The van der Waals surface area contributed by atoms with E-state index in [2.05, 4.69) is 11.4 Å². The molecule has 0 aliphatic rings. The van der Waals surface area contributed by atoms with Crippen LogP contribution in [0.2, 0.25) is 0 Å². The highest BCUT2D eigenvalue weighted by Crippen LogP contribution is 2.18. The molecule has 2 aromatic rings. The molecule has 88 valence electrons. The molecular weight excluding hydrogens is 232 g/mol. The second-order valence-corrected chi connectivity index (χ2v) is 4.91. The fourth-order valence-corrected chi connectivity index (χ4v) is 2.49. The van der Waals surface area contributed by atoms with Crippen molar-refractivity contribution < 1.29 is 9.53 Å². The van der Waals surface area contributed by atoms with E-state index in [0.29, 0.717) is 6.42 Å². The Labute approximate surface area is 105 Å². The van der Waals surface area contributed by atoms with Gasteiger partial charge in [0.2, 0.25) is 0 Å². The van der Waals surface area contributed by atoms with Gasteiger partial charge >= 0.3 is 0 Å². The number of benzene rings is 1. The maximum absolute atomic E-state index is 12.0. The van der Waals surface area contributed by atoms with Crippen molar-refractivity contribution in [1.82, 2.24) is 0 Å². The van der Waals surface area contributed by atoms with Crippen molar-refractivity contribution in [3.8, 4) is 5.75 Å². The van der Waals surface area contributed by atoms with E-state index >= 15 is 0 Å². The van der Waals surface area contributed by atoms with E-state index in [4.69, 9.17) is 4.74 Å². The van der Waals surface area contributed by atoms with E-state index in [-0.39, 0.29) is 5.78 Å². The molecule has 0 saturated carbocycles. The minimum atomic E-state index is 0.148. The summed E-state index contributed by atoms with van der Waals surface area (Å²) in [5, 5.41) is 2.07. The number of hydrogen-bond acceptors (Lipinski definition) is 3. The maximum atomic E-state index is 12.0. The summed E-state index contributed by atoms with van der Waals surface area (Å²) in [7, 11) is 1.62. The maximum Gasteiger partial charge on any atom is 0.168 e. The molecule has 17 heavy (non-hydrogen) atoms. The lowest BCUT2D eigenvalue weighted by atomic mass is 10.1. The summed E-state index contributed by atoms with van der Waals surface area (Å²) in [6.07, 6.45) is 0.477. The Bertz CT molecular complexity index is 511. The van der Waals surface area contributed by atoms with Crippen LogP contribution < -0.4 is 4.74 Å². The molecule has 0 unspecified atom stereocenters. The minimum Gasteiger partial charge on any atom is -0.497 e. The fourth-order valence-electron chi connectivity index (χ4n) is 1.62. The first kappa shape index (κ1) is 11.9. The quantitative estimate of drug-likeness (QED) is 0.772. The highest BCUT2D eigenvalue weighted by atomic mass is 32.1. The number of Topliss-reactive ketones (excluding diaryl/α,β-unsaturated/α-hetero) is 1. The highest BCUT2D eigenvalue weighted by molar-refractivity contribution is 7.10. The van der Waals surface area contributed by atoms with Crippen molar-refractivity contribution in [2.24, 2.45) is 0 Å². The predicted octanol–water partition coefficient (Wildman–Crippen LogP) is 3.49. The first-order chi connectivity index (χ1) is 8.19. The zero-order valence-electron chi connectivity index (χ0n) is 9.90. The van der Waals surface area contributed by atoms with Gasteiger partial charge in [-0.3, -0.25) is 4.79 Å². The molecular formula is C14H14O2S. The smallest absolute Gasteiger partial charge is 0.168 e. The number of aryl methyl sites for hydroxylation is 1. The van der Waals surface area contributed by atoms with Gasteiger partial charge in [0.1, 0.15) is 5.75 Å². The Morgan fingerprint density at radius 1 is 1.29 bits per heavy atom. The lowest BCUT2D eigenvalue weighted by Gasteiger charge is -2.01. The number of carbonyl (C=O) groups excluding carboxylic acids is 1. The van der Waals surface area contributed by atoms with Crippen LogP contribution in [0.1, 0.15) is 20.8 Å². The van der Waals surface area contributed by atoms with E-state index in [1.807, 2.05) is 31.2 Å². The predicted molar refractivity (Wildman–Crippen MR) is 70.1 cm³/mol. The second kappa shape index (κ2) is 5.15. The van der Waals surface area contributed by atoms with Crippen LogP contribution >= 0.6 is 11.3 Å². The summed E-state index contributed by atoms with van der Waals surface area (Å²) in [5.41, 5.74) is 1.95. The van der Waals surface area contributed by atoms with Gasteiger partial charge in [-0.1, -0.05) is 0 Å². The molecule has 0 aliphatic heterocycles. The van der Waals surface area contributed by atoms with Gasteiger partial charge in [0.05, 0.1) is 7.11 Å². The first-order valence-corrected chi connectivity index (χ1v) is 6.28. The molecule has 2 nitrogen and oxygen atoms in total. The SMILES string of the molecule is COc1ccc(C(=O)Cc2cc(C)cs2)cc1. The molecule has 3 heteroatoms. The lowest BCUT2D eigenvalue weighted by Crippen LogP contribution is -2.01. The molecule has 0 atom stereocenters. The van der Waals surface area contributed by atoms with Crippen LogP contribution in [-0.2, 0) is 6.42 Å². The van der Waals surface area contributed by atoms with Gasteiger partial charge in [-0.05, 0) is 48.2 Å². The van der Waals surface area contributed by atoms with Gasteiger partial charge in [-0.2, -0.15) is 0 Å². The zero-order valence-corrected chi connectivity index (χ0v) is 10.7. The molecule has 0 aliphatic carbocycles. The molecule has 0 N–H and O–H groups in total. The average molecular weight is 246 g/mol. The Kier molecular flexibility index (Phi) is 3.59. The number of rotatable bonds is 4. The van der Waals surface area contributed by atoms with Crippen LogP contribution in [0.3, 0.4) is 0 Å². The zero-order chi connectivity index (χ0) is 12.3. The number of ether oxygens (including phenoxy) is 1. The molecule has 0 spiro atoms. The molecule has 1 heterocycles. The molecule has 1 aromatic carbocycles. The molecule has 2 rings (SSSR count). The van der Waals surface area contributed by atoms with Crippen molar-refractivity contribution >= 4 is 17.1 Å². The largest absolute Gasteiger partial charge is 0.497 e. The normalized spacial score (nSPS) is 10.2. The van der Waals surface area contributed by atoms with Gasteiger partial charge in [0, 0.05) is 16.9 Å². The van der Waals surface area contributed by atoms with E-state index in [9.17, 15) is 4.79 Å². The summed E-state index contributed by atoms with van der Waals surface area (Å²) in [4.78, 5) is 13.1. The Morgan fingerprint density at radius 2 is 2.00 bits per heavy atom. The van der Waals surface area contributed by atoms with Crippen molar-refractivity contribution in [3.05, 3.63) is 51.7 Å². The second-order valence-electron chi connectivity index (χ2n) is 3.92. The van der Waals surface area contributed by atoms with Crippen LogP contribution in [0, 0.1) is 6.92 Å². The van der Waals surface area contributed by atoms with Crippen molar-refractivity contribution in [2.75, 3.05) is 7.11 Å². The van der Waals surface area contributed by atoms with Gasteiger partial charge in [-0.15, -0.1) is 11.3 Å². The van der Waals surface area contributed by atoms with Gasteiger partial charge in [0.25, 0.3) is 0 Å². The third-order valence-electron chi connectivity index (χ3n) is 2.53. The number of ketones is 1. The van der Waals surface area contributed by atoms with Gasteiger partial charge in [-0.25, -0.2) is 0 Å². The summed E-state index contributed by atoms with van der Waals surface area (Å²) in [6, 6.07) is 9.30. The van der Waals surface area contributed by atoms with Crippen LogP contribution in [0.25, 0.3) is 0 Å². The molecule has 1 aromatic heterocycles. The third kappa shape index (κ3) is 2.94. The molecule has 0 fully saturated rings. The average Bonchev–Trinajstić information content (AvgIpc) is 2.75. The van der Waals surface area contributed by atoms with E-state index in [1.54, 1.807) is 18.4 Å². The lowest BCUT2D eigenvalue weighted by molar-refractivity contribution is 0.0994. The monoisotopic (exact) mass is 246 g/mol. The van der Waals surface area contributed by atoms with Gasteiger partial charge in [0.15, 0.2) is 5.78 Å². The fraction of sp³-hybridized carbons (Fsp3) is 0.214. The Balaban J connectivity index is 2.09. The standard InChI is InChI=1S/C14H14O2S/c1-10-7-13(17-9-10)8-14(15)11-3-5-12(16-2)6-4-11/h3-7,9H,8H2,1-2H3. The first-order valence-electron chi connectivity index (χ1n) is 5.40. The van der Waals surface area contributed by atoms with E-state index < -0.39 is 0 Å². The van der Waals surface area contributed by atoms with Crippen molar-refractivity contribution in [2.45, 2.75) is 13.3 Å². The van der Waals surface area contributed by atoms with E-state index in [0.717, 1.165) is 16.2 Å². The molecule has 0 saturated heterocycles. The summed E-state index contributed by atoms with van der Waals surface area (Å²) >= 11 is 1.63. The highest BCUT2D eigenvalue weighted by Gasteiger charge is 2.08. The molecule has 0 amide bonds. The molecule has 0 radical (unpaired) electrons. The summed E-state index contributed by atoms with van der Waals surface area (Å²) in [6.45, 7) is 2.04. The van der Waals surface area contributed by atoms with Crippen LogP contribution in [0.5, 0.6) is 5.75 Å². The van der Waals surface area contributed by atoms with Crippen LogP contribution in [-0.4, -0.2) is 12.9 Å². The Morgan fingerprint density at radius 3 is 2.53 bits per heavy atom. The third-order valence-corrected chi connectivity index (χ3v) is 3.59. The summed E-state index contributed by atoms with van der Waals surface area (Å²) < 4.78 is 5.06. The Hall–Kier alpha value is -1.61. The van der Waals surface area contributed by atoms with Crippen molar-refractivity contribution in [1.29, 1.82) is 0 Å². The number of hydrogen-bond donors (Lipinski definition) is 0. The van der Waals surface area contributed by atoms with Crippen LogP contribution in [0.4, 0.5) is 0 Å². The van der Waals surface area contributed by atoms with Crippen molar-refractivity contribution in [3.63, 3.8) is 0 Å². The molecule has 0 bridgehead atoms. The summed E-state index contributed by atoms with van der Waals surface area (Å²) in [5.74, 6) is 0.919. The number of methoxy groups -OCH3 is 1. The topological polar surface area (TPSA) is 26.3 Å². The van der Waals surface area contributed by atoms with Crippen LogP contribution in [0.15, 0.2) is 35.7 Å². The van der Waals surface area contributed by atoms with Gasteiger partial charge < -0.3 is 4.74 Å². The minimum absolute atomic E-state index is 0.148.